The summed E-state index contributed by atoms with van der Waals surface area (Å²) in [7, 11) is 0. The van der Waals surface area contributed by atoms with E-state index in [1.165, 1.54) is 6.92 Å². The van der Waals surface area contributed by atoms with Gasteiger partial charge in [0.1, 0.15) is 0 Å². The summed E-state index contributed by atoms with van der Waals surface area (Å²) in [6.45, 7) is 3.33. The van der Waals surface area contributed by atoms with E-state index in [-0.39, 0.29) is 11.3 Å². The molecule has 0 fully saturated rings. The molecule has 3 N–H and O–H groups in total. The van der Waals surface area contributed by atoms with E-state index in [9.17, 15) is 9.59 Å². The minimum atomic E-state index is -0.991. The molecule has 0 unspecified atom stereocenters. The third-order valence-electron chi connectivity index (χ3n) is 3.35. The quantitative estimate of drug-likeness (QED) is 0.584. The molecule has 0 aliphatic heterocycles. The Morgan fingerprint density at radius 1 is 1.25 bits per heavy atom. The molecule has 2 aromatic carbocycles. The summed E-state index contributed by atoms with van der Waals surface area (Å²) in [6, 6.07) is 9.99. The molecule has 1 atom stereocenters. The largest absolute Gasteiger partial charge is 0.449 e. The van der Waals surface area contributed by atoms with Crippen molar-refractivity contribution < 1.29 is 14.3 Å². The number of carbonyl (C=O) groups excluding carboxylic acids is 2. The third kappa shape index (κ3) is 4.49. The molecule has 0 aromatic heterocycles. The number of benzene rings is 2. The smallest absolute Gasteiger partial charge is 0.341 e. The maximum atomic E-state index is 12.2. The normalized spacial score (nSPS) is 11.7. The van der Waals surface area contributed by atoms with Crippen LogP contribution in [0.5, 0.6) is 0 Å². The number of carbonyl (C=O) groups is 2. The first-order chi connectivity index (χ1) is 11.3. The molecule has 0 aliphatic rings. The van der Waals surface area contributed by atoms with Gasteiger partial charge in [-0.2, -0.15) is 0 Å². The first-order valence-electron chi connectivity index (χ1n) is 7.11. The number of hydrogen-bond acceptors (Lipinski definition) is 4. The highest BCUT2D eigenvalue weighted by Crippen LogP contribution is 2.22. The lowest BCUT2D eigenvalue weighted by Gasteiger charge is -2.15. The lowest BCUT2D eigenvalue weighted by Crippen LogP contribution is -2.30. The van der Waals surface area contributed by atoms with Gasteiger partial charge in [-0.1, -0.05) is 33.6 Å². The molecule has 1 amide bonds. The Kier molecular flexibility index (Phi) is 5.85. The molecular formula is C17H16BrClN2O3. The second kappa shape index (κ2) is 7.68. The van der Waals surface area contributed by atoms with Crippen molar-refractivity contribution in [2.24, 2.45) is 0 Å². The summed E-state index contributed by atoms with van der Waals surface area (Å²) in [5, 5.41) is 3.19. The van der Waals surface area contributed by atoms with E-state index in [4.69, 9.17) is 22.1 Å². The highest BCUT2D eigenvalue weighted by Gasteiger charge is 2.21. The van der Waals surface area contributed by atoms with Gasteiger partial charge in [0.2, 0.25) is 0 Å². The number of nitrogens with one attached hydrogen (secondary N) is 1. The van der Waals surface area contributed by atoms with Crippen molar-refractivity contribution >= 4 is 50.8 Å². The fourth-order valence-electron chi connectivity index (χ4n) is 1.95. The molecule has 2 rings (SSSR count). The lowest BCUT2D eigenvalue weighted by molar-refractivity contribution is -0.123. The molecule has 24 heavy (non-hydrogen) atoms. The summed E-state index contributed by atoms with van der Waals surface area (Å²) >= 11 is 9.19. The van der Waals surface area contributed by atoms with E-state index in [0.717, 1.165) is 5.56 Å². The molecule has 2 aromatic rings. The van der Waals surface area contributed by atoms with Gasteiger partial charge in [0.25, 0.3) is 5.91 Å². The van der Waals surface area contributed by atoms with Gasteiger partial charge in [0.15, 0.2) is 6.10 Å². The average molecular weight is 412 g/mol. The second-order valence-corrected chi connectivity index (χ2v) is 6.58. The molecule has 7 heteroatoms. The molecular weight excluding hydrogens is 396 g/mol. The van der Waals surface area contributed by atoms with Gasteiger partial charge in [-0.15, -0.1) is 0 Å². The Labute approximate surface area is 153 Å². The van der Waals surface area contributed by atoms with Crippen molar-refractivity contribution in [2.75, 3.05) is 11.1 Å². The van der Waals surface area contributed by atoms with E-state index >= 15 is 0 Å². The number of anilines is 2. The maximum absolute atomic E-state index is 12.2. The molecule has 0 aliphatic carbocycles. The molecule has 0 saturated heterocycles. The summed E-state index contributed by atoms with van der Waals surface area (Å²) in [5.74, 6) is -1.12. The summed E-state index contributed by atoms with van der Waals surface area (Å²) in [5.41, 5.74) is 7.66. The van der Waals surface area contributed by atoms with E-state index < -0.39 is 18.0 Å². The molecule has 0 spiro atoms. The van der Waals surface area contributed by atoms with Crippen molar-refractivity contribution in [3.8, 4) is 0 Å². The number of hydrogen-bond donors (Lipinski definition) is 2. The number of nitrogen functional groups attached to an aromatic ring is 1. The predicted molar refractivity (Wildman–Crippen MR) is 98.3 cm³/mol. The Bertz CT molecular complexity index is 795. The molecule has 0 bridgehead atoms. The number of nitrogens with two attached hydrogens (primary N) is 1. The molecule has 0 saturated carbocycles. The van der Waals surface area contributed by atoms with Crippen LogP contribution in [-0.4, -0.2) is 18.0 Å². The minimum Gasteiger partial charge on any atom is -0.449 e. The topological polar surface area (TPSA) is 81.4 Å². The van der Waals surface area contributed by atoms with Crippen molar-refractivity contribution in [1.29, 1.82) is 0 Å². The Hall–Kier alpha value is -2.05. The minimum absolute atomic E-state index is 0.197. The standard InChI is InChI=1S/C17H16BrClN2O3/c1-9-3-5-12(19)8-15(9)21-16(22)10(2)24-17(23)13-7-11(18)4-6-14(13)20/h3-8,10H,20H2,1-2H3,(H,21,22)/t10-/m0/s1. The Balaban J connectivity index is 2.07. The summed E-state index contributed by atoms with van der Waals surface area (Å²) in [6.07, 6.45) is -0.991. The zero-order chi connectivity index (χ0) is 17.9. The highest BCUT2D eigenvalue weighted by molar-refractivity contribution is 9.10. The SMILES string of the molecule is Cc1ccc(Cl)cc1NC(=O)[C@H](C)OC(=O)c1cc(Br)ccc1N. The van der Waals surface area contributed by atoms with Crippen LogP contribution in [0.1, 0.15) is 22.8 Å². The second-order valence-electron chi connectivity index (χ2n) is 5.23. The van der Waals surface area contributed by atoms with Gasteiger partial charge in [-0.3, -0.25) is 4.79 Å². The average Bonchev–Trinajstić information content (AvgIpc) is 2.53. The van der Waals surface area contributed by atoms with Gasteiger partial charge < -0.3 is 15.8 Å². The zero-order valence-electron chi connectivity index (χ0n) is 13.1. The van der Waals surface area contributed by atoms with Crippen molar-refractivity contribution in [3.05, 3.63) is 57.0 Å². The van der Waals surface area contributed by atoms with Crippen molar-refractivity contribution in [3.63, 3.8) is 0 Å². The predicted octanol–water partition coefficient (Wildman–Crippen LogP) is 4.18. The monoisotopic (exact) mass is 410 g/mol. The van der Waals surface area contributed by atoms with Crippen molar-refractivity contribution in [2.45, 2.75) is 20.0 Å². The fraction of sp³-hybridized carbons (Fsp3) is 0.176. The number of rotatable bonds is 4. The van der Waals surface area contributed by atoms with Crippen LogP contribution in [0.4, 0.5) is 11.4 Å². The number of ether oxygens (including phenoxy) is 1. The fourth-order valence-corrected chi connectivity index (χ4v) is 2.48. The summed E-state index contributed by atoms with van der Waals surface area (Å²) < 4.78 is 5.88. The molecule has 0 heterocycles. The van der Waals surface area contributed by atoms with Crippen LogP contribution >= 0.6 is 27.5 Å². The van der Waals surface area contributed by atoms with Crippen LogP contribution in [0.2, 0.25) is 5.02 Å². The number of aryl methyl sites for hydroxylation is 1. The molecule has 0 radical (unpaired) electrons. The zero-order valence-corrected chi connectivity index (χ0v) is 15.4. The van der Waals surface area contributed by atoms with Gasteiger partial charge in [-0.05, 0) is 49.7 Å². The maximum Gasteiger partial charge on any atom is 0.341 e. The van der Waals surface area contributed by atoms with Crippen LogP contribution in [0, 0.1) is 6.92 Å². The van der Waals surface area contributed by atoms with Crippen LogP contribution in [0.3, 0.4) is 0 Å². The summed E-state index contributed by atoms with van der Waals surface area (Å²) in [4.78, 5) is 24.4. The van der Waals surface area contributed by atoms with Crippen LogP contribution in [0.15, 0.2) is 40.9 Å². The number of esters is 1. The Morgan fingerprint density at radius 2 is 1.96 bits per heavy atom. The molecule has 126 valence electrons. The van der Waals surface area contributed by atoms with E-state index in [1.807, 2.05) is 6.92 Å². The first kappa shape index (κ1) is 18.3. The van der Waals surface area contributed by atoms with E-state index in [0.29, 0.717) is 15.2 Å². The highest BCUT2D eigenvalue weighted by atomic mass is 79.9. The Morgan fingerprint density at radius 3 is 2.67 bits per heavy atom. The van der Waals surface area contributed by atoms with Crippen LogP contribution in [-0.2, 0) is 9.53 Å². The van der Waals surface area contributed by atoms with E-state index in [2.05, 4.69) is 21.2 Å². The first-order valence-corrected chi connectivity index (χ1v) is 8.28. The van der Waals surface area contributed by atoms with Crippen molar-refractivity contribution in [1.82, 2.24) is 0 Å². The van der Waals surface area contributed by atoms with Crippen LogP contribution < -0.4 is 11.1 Å². The van der Waals surface area contributed by atoms with Gasteiger partial charge in [-0.25, -0.2) is 4.79 Å². The number of halogens is 2. The van der Waals surface area contributed by atoms with Gasteiger partial charge in [0.05, 0.1) is 5.56 Å². The molecule has 5 nitrogen and oxygen atoms in total. The third-order valence-corrected chi connectivity index (χ3v) is 4.07. The lowest BCUT2D eigenvalue weighted by atomic mass is 10.2. The van der Waals surface area contributed by atoms with Gasteiger partial charge in [0, 0.05) is 20.9 Å². The van der Waals surface area contributed by atoms with Crippen LogP contribution in [0.25, 0.3) is 0 Å². The van der Waals surface area contributed by atoms with Gasteiger partial charge >= 0.3 is 5.97 Å². The van der Waals surface area contributed by atoms with E-state index in [1.54, 1.807) is 36.4 Å². The number of amides is 1.